The molecule has 0 radical (unpaired) electrons. The maximum absolute atomic E-state index is 12.1. The Morgan fingerprint density at radius 1 is 1.25 bits per heavy atom. The van der Waals surface area contributed by atoms with Crippen molar-refractivity contribution in [3.8, 4) is 0 Å². The van der Waals surface area contributed by atoms with Crippen LogP contribution in [0, 0.1) is 0 Å². The van der Waals surface area contributed by atoms with Crippen molar-refractivity contribution in [2.45, 2.75) is 39.3 Å². The lowest BCUT2D eigenvalue weighted by atomic mass is 10.1. The molecule has 0 aliphatic heterocycles. The molecule has 0 saturated heterocycles. The molecule has 0 spiro atoms. The van der Waals surface area contributed by atoms with Crippen molar-refractivity contribution in [1.82, 2.24) is 25.3 Å². The molecule has 1 aromatic heterocycles. The van der Waals surface area contributed by atoms with Crippen LogP contribution in [0.3, 0.4) is 0 Å². The number of nitrogens with one attached hydrogen (secondary N) is 2. The fourth-order valence-electron chi connectivity index (χ4n) is 3.05. The summed E-state index contributed by atoms with van der Waals surface area (Å²) in [6.45, 7) is 6.08. The fourth-order valence-corrected chi connectivity index (χ4v) is 3.05. The van der Waals surface area contributed by atoms with Crippen molar-refractivity contribution in [3.05, 3.63) is 53.3 Å². The summed E-state index contributed by atoms with van der Waals surface area (Å²) >= 11 is 0. The molecule has 1 amide bonds. The van der Waals surface area contributed by atoms with E-state index in [0.29, 0.717) is 32.0 Å². The molecule has 0 aliphatic carbocycles. The first-order valence-corrected chi connectivity index (χ1v) is 9.65. The predicted octanol–water partition coefficient (Wildman–Crippen LogP) is 2.26. The monoisotopic (exact) mass is 384 g/mol. The Hall–Kier alpha value is -2.83. The van der Waals surface area contributed by atoms with Crippen molar-refractivity contribution < 1.29 is 4.79 Å². The van der Waals surface area contributed by atoms with Crippen LogP contribution in [0.5, 0.6) is 0 Å². The first-order chi connectivity index (χ1) is 13.4. The first kappa shape index (κ1) is 21.5. The van der Waals surface area contributed by atoms with E-state index < -0.39 is 0 Å². The summed E-state index contributed by atoms with van der Waals surface area (Å²) in [7, 11) is 5.68. The van der Waals surface area contributed by atoms with E-state index in [2.05, 4.69) is 40.8 Å². The van der Waals surface area contributed by atoms with Gasteiger partial charge in [0.2, 0.25) is 5.91 Å². The van der Waals surface area contributed by atoms with Crippen LogP contribution in [0.1, 0.15) is 43.0 Å². The zero-order chi connectivity index (χ0) is 20.5. The standard InChI is InChI=1S/C21H32N6O/c1-16(2)20-18(15-27(5)25-20)14-26(4)21(22-3)23-12-11-19(28)24-13-17-9-7-6-8-10-17/h6-10,15-16H,11-14H2,1-5H3,(H,22,23)(H,24,28). The minimum absolute atomic E-state index is 0.0174. The van der Waals surface area contributed by atoms with Gasteiger partial charge in [-0.05, 0) is 11.5 Å². The lowest BCUT2D eigenvalue weighted by Crippen LogP contribution is -2.40. The van der Waals surface area contributed by atoms with Gasteiger partial charge in [-0.25, -0.2) is 0 Å². The van der Waals surface area contributed by atoms with Gasteiger partial charge < -0.3 is 15.5 Å². The van der Waals surface area contributed by atoms with Gasteiger partial charge in [-0.1, -0.05) is 44.2 Å². The van der Waals surface area contributed by atoms with Crippen LogP contribution in [-0.2, 0) is 24.9 Å². The van der Waals surface area contributed by atoms with Crippen molar-refractivity contribution in [2.75, 3.05) is 20.6 Å². The highest BCUT2D eigenvalue weighted by molar-refractivity contribution is 5.81. The van der Waals surface area contributed by atoms with Crippen LogP contribution in [0.25, 0.3) is 0 Å². The third-order valence-corrected chi connectivity index (χ3v) is 4.43. The van der Waals surface area contributed by atoms with Crippen LogP contribution in [0.2, 0.25) is 0 Å². The summed E-state index contributed by atoms with van der Waals surface area (Å²) < 4.78 is 1.85. The second-order valence-electron chi connectivity index (χ2n) is 7.21. The number of guanidine groups is 1. The smallest absolute Gasteiger partial charge is 0.222 e. The van der Waals surface area contributed by atoms with Gasteiger partial charge >= 0.3 is 0 Å². The van der Waals surface area contributed by atoms with Gasteiger partial charge in [-0.3, -0.25) is 14.5 Å². The van der Waals surface area contributed by atoms with Crippen LogP contribution in [0.15, 0.2) is 41.5 Å². The Labute approximate surface area is 167 Å². The van der Waals surface area contributed by atoms with Crippen LogP contribution in [-0.4, -0.2) is 47.2 Å². The minimum atomic E-state index is 0.0174. The van der Waals surface area contributed by atoms with Gasteiger partial charge in [-0.2, -0.15) is 5.10 Å². The van der Waals surface area contributed by atoms with Crippen LogP contribution in [0.4, 0.5) is 0 Å². The van der Waals surface area contributed by atoms with Gasteiger partial charge in [0, 0.05) is 59.0 Å². The molecule has 0 unspecified atom stereocenters. The van der Waals surface area contributed by atoms with Crippen molar-refractivity contribution in [2.24, 2.45) is 12.0 Å². The van der Waals surface area contributed by atoms with E-state index in [1.54, 1.807) is 7.05 Å². The lowest BCUT2D eigenvalue weighted by Gasteiger charge is -2.22. The minimum Gasteiger partial charge on any atom is -0.356 e. The predicted molar refractivity (Wildman–Crippen MR) is 113 cm³/mol. The Morgan fingerprint density at radius 3 is 2.61 bits per heavy atom. The molecule has 7 nitrogen and oxygen atoms in total. The molecular formula is C21H32N6O. The van der Waals surface area contributed by atoms with Gasteiger partial charge in [0.1, 0.15) is 0 Å². The molecule has 1 heterocycles. The molecule has 7 heteroatoms. The number of hydrogen-bond donors (Lipinski definition) is 2. The Kier molecular flexibility index (Phi) is 8.04. The molecule has 28 heavy (non-hydrogen) atoms. The normalized spacial score (nSPS) is 11.6. The van der Waals surface area contributed by atoms with Crippen LogP contribution >= 0.6 is 0 Å². The van der Waals surface area contributed by atoms with E-state index in [1.807, 2.05) is 54.0 Å². The van der Waals surface area contributed by atoms with E-state index in [-0.39, 0.29) is 5.91 Å². The van der Waals surface area contributed by atoms with Crippen molar-refractivity contribution in [1.29, 1.82) is 0 Å². The van der Waals surface area contributed by atoms with Gasteiger partial charge in [0.15, 0.2) is 5.96 Å². The van der Waals surface area contributed by atoms with E-state index in [0.717, 1.165) is 17.2 Å². The molecule has 0 saturated carbocycles. The summed E-state index contributed by atoms with van der Waals surface area (Å²) in [4.78, 5) is 18.4. The molecule has 2 N–H and O–H groups in total. The molecule has 2 rings (SSSR count). The van der Waals surface area contributed by atoms with Crippen LogP contribution < -0.4 is 10.6 Å². The number of aromatic nitrogens is 2. The maximum atomic E-state index is 12.1. The second kappa shape index (κ2) is 10.5. The van der Waals surface area contributed by atoms with E-state index >= 15 is 0 Å². The van der Waals surface area contributed by atoms with E-state index in [9.17, 15) is 4.79 Å². The van der Waals surface area contributed by atoms with Gasteiger partial charge in [0.05, 0.1) is 5.69 Å². The number of aryl methyl sites for hydroxylation is 1. The second-order valence-corrected chi connectivity index (χ2v) is 7.21. The Morgan fingerprint density at radius 2 is 1.96 bits per heavy atom. The van der Waals surface area contributed by atoms with E-state index in [4.69, 9.17) is 0 Å². The maximum Gasteiger partial charge on any atom is 0.222 e. The van der Waals surface area contributed by atoms with Crippen molar-refractivity contribution in [3.63, 3.8) is 0 Å². The summed E-state index contributed by atoms with van der Waals surface area (Å²) in [6, 6.07) is 9.90. The number of benzene rings is 1. The Bertz CT molecular complexity index is 781. The highest BCUT2D eigenvalue weighted by atomic mass is 16.1. The molecule has 0 fully saturated rings. The number of carbonyl (C=O) groups is 1. The highest BCUT2D eigenvalue weighted by Gasteiger charge is 2.15. The molecule has 1 aromatic carbocycles. The van der Waals surface area contributed by atoms with Gasteiger partial charge in [0.25, 0.3) is 0 Å². The summed E-state index contributed by atoms with van der Waals surface area (Å²) in [5, 5.41) is 10.8. The largest absolute Gasteiger partial charge is 0.356 e. The molecule has 0 aliphatic rings. The first-order valence-electron chi connectivity index (χ1n) is 9.65. The summed E-state index contributed by atoms with van der Waals surface area (Å²) in [5.41, 5.74) is 3.38. The summed E-state index contributed by atoms with van der Waals surface area (Å²) in [5.74, 6) is 1.14. The molecule has 2 aromatic rings. The zero-order valence-electron chi connectivity index (χ0n) is 17.6. The molecule has 0 atom stereocenters. The average molecular weight is 385 g/mol. The molecular weight excluding hydrogens is 352 g/mol. The highest BCUT2D eigenvalue weighted by Crippen LogP contribution is 2.18. The quantitative estimate of drug-likeness (QED) is 0.541. The third-order valence-electron chi connectivity index (χ3n) is 4.43. The number of hydrogen-bond acceptors (Lipinski definition) is 3. The van der Waals surface area contributed by atoms with Crippen molar-refractivity contribution >= 4 is 11.9 Å². The zero-order valence-corrected chi connectivity index (χ0v) is 17.6. The number of rotatable bonds is 8. The average Bonchev–Trinajstić information content (AvgIpc) is 3.04. The number of amides is 1. The number of aliphatic imine (C=N–C) groups is 1. The Balaban J connectivity index is 1.79. The lowest BCUT2D eigenvalue weighted by molar-refractivity contribution is -0.121. The van der Waals surface area contributed by atoms with Gasteiger partial charge in [-0.15, -0.1) is 0 Å². The fraction of sp³-hybridized carbons (Fsp3) is 0.476. The summed E-state index contributed by atoms with van der Waals surface area (Å²) in [6.07, 6.45) is 2.44. The third kappa shape index (κ3) is 6.40. The SMILES string of the molecule is CN=C(NCCC(=O)NCc1ccccc1)N(C)Cc1cn(C)nc1C(C)C. The topological polar surface area (TPSA) is 74.6 Å². The number of nitrogens with zero attached hydrogens (tertiary/aromatic N) is 4. The molecule has 0 bridgehead atoms. The number of carbonyl (C=O) groups excluding carboxylic acids is 1. The molecule has 152 valence electrons. The van der Waals surface area contributed by atoms with E-state index in [1.165, 1.54) is 5.56 Å².